The number of thioether (sulfide) groups is 1. The van der Waals surface area contributed by atoms with Crippen LogP contribution in [0.4, 0.5) is 18.9 Å². The van der Waals surface area contributed by atoms with Gasteiger partial charge in [0.25, 0.3) is 5.56 Å². The normalized spacial score (nSPS) is 15.1. The Morgan fingerprint density at radius 2 is 2.09 bits per heavy atom. The van der Waals surface area contributed by atoms with Crippen LogP contribution in [-0.4, -0.2) is 27.7 Å². The van der Waals surface area contributed by atoms with Gasteiger partial charge in [0.2, 0.25) is 5.91 Å². The van der Waals surface area contributed by atoms with E-state index in [1.54, 1.807) is 11.8 Å². The first-order valence-corrected chi connectivity index (χ1v) is 12.0. The number of H-pyrrole nitrogens is 1. The zero-order valence-electron chi connectivity index (χ0n) is 17.8. The number of thiophene rings is 1. The molecule has 2 aromatic heterocycles. The molecular weight excluding hydrogens is 459 g/mol. The third-order valence-electron chi connectivity index (χ3n) is 5.70. The molecule has 0 fully saturated rings. The maximum absolute atomic E-state index is 13.1. The van der Waals surface area contributed by atoms with Gasteiger partial charge in [0.1, 0.15) is 10.7 Å². The van der Waals surface area contributed by atoms with Gasteiger partial charge in [0, 0.05) is 17.1 Å². The lowest BCUT2D eigenvalue weighted by atomic mass is 9.98. The molecule has 0 radical (unpaired) electrons. The van der Waals surface area contributed by atoms with Crippen LogP contribution in [0.1, 0.15) is 40.7 Å². The highest BCUT2D eigenvalue weighted by atomic mass is 32.2. The van der Waals surface area contributed by atoms with E-state index in [0.717, 1.165) is 22.6 Å². The summed E-state index contributed by atoms with van der Waals surface area (Å²) in [6.07, 6.45) is -3.29. The van der Waals surface area contributed by atoms with Crippen molar-refractivity contribution in [2.45, 2.75) is 50.8 Å². The summed E-state index contributed by atoms with van der Waals surface area (Å²) in [5.41, 5.74) is 1.13. The molecule has 0 spiro atoms. The van der Waals surface area contributed by atoms with Gasteiger partial charge < -0.3 is 9.88 Å². The standard InChI is InChI=1S/C22H22F3N3O2S2/c1-11-12(2)32-20-18(11)19(29)26-17(27-20)10-31-13(3)21(30)28-8-4-5-14-9-15(22(23,24)25)6-7-16(14)28/h6-7,9,13H,4-5,8,10H2,1-3H3,(H,26,27,29). The summed E-state index contributed by atoms with van der Waals surface area (Å²) < 4.78 is 39.1. The number of carbonyl (C=O) groups excluding carboxylic acids is 1. The van der Waals surface area contributed by atoms with Crippen molar-refractivity contribution in [1.29, 1.82) is 0 Å². The van der Waals surface area contributed by atoms with Crippen molar-refractivity contribution in [1.82, 2.24) is 9.97 Å². The van der Waals surface area contributed by atoms with Crippen LogP contribution < -0.4 is 10.5 Å². The van der Waals surface area contributed by atoms with Gasteiger partial charge >= 0.3 is 6.18 Å². The number of halogens is 3. The molecule has 0 aliphatic carbocycles. The fraction of sp³-hybridized carbons (Fsp3) is 0.409. The molecule has 1 aliphatic rings. The van der Waals surface area contributed by atoms with Crippen LogP contribution in [0.25, 0.3) is 10.2 Å². The summed E-state index contributed by atoms with van der Waals surface area (Å²) in [4.78, 5) is 36.2. The Balaban J connectivity index is 1.49. The summed E-state index contributed by atoms with van der Waals surface area (Å²) in [6, 6.07) is 3.56. The molecule has 32 heavy (non-hydrogen) atoms. The van der Waals surface area contributed by atoms with Crippen molar-refractivity contribution >= 4 is 44.9 Å². The molecule has 3 aromatic rings. The van der Waals surface area contributed by atoms with Crippen molar-refractivity contribution < 1.29 is 18.0 Å². The largest absolute Gasteiger partial charge is 0.416 e. The van der Waals surface area contributed by atoms with Crippen LogP contribution in [0, 0.1) is 13.8 Å². The molecule has 10 heteroatoms. The first-order valence-electron chi connectivity index (χ1n) is 10.2. The van der Waals surface area contributed by atoms with Crippen molar-refractivity contribution in [3.05, 3.63) is 55.9 Å². The number of benzene rings is 1. The highest BCUT2D eigenvalue weighted by Crippen LogP contribution is 2.36. The van der Waals surface area contributed by atoms with Crippen molar-refractivity contribution in [3.63, 3.8) is 0 Å². The SMILES string of the molecule is Cc1sc2nc(CSC(C)C(=O)N3CCCc4cc(C(F)(F)F)ccc43)[nH]c(=O)c2c1C. The summed E-state index contributed by atoms with van der Waals surface area (Å²) in [5, 5.41) is 0.157. The Kier molecular flexibility index (Phi) is 6.10. The summed E-state index contributed by atoms with van der Waals surface area (Å²) in [5.74, 6) is 0.686. The quantitative estimate of drug-likeness (QED) is 0.555. The van der Waals surface area contributed by atoms with Crippen LogP contribution in [0.2, 0.25) is 0 Å². The van der Waals surface area contributed by atoms with Gasteiger partial charge in [-0.2, -0.15) is 13.2 Å². The number of rotatable bonds is 4. The number of aromatic amines is 1. The fourth-order valence-corrected chi connectivity index (χ4v) is 5.73. The third-order valence-corrected chi connectivity index (χ3v) is 7.94. The molecule has 1 unspecified atom stereocenters. The van der Waals surface area contributed by atoms with Crippen LogP contribution in [0.3, 0.4) is 0 Å². The molecule has 1 atom stereocenters. The lowest BCUT2D eigenvalue weighted by Crippen LogP contribution is -2.40. The van der Waals surface area contributed by atoms with E-state index in [0.29, 0.717) is 52.4 Å². The smallest absolute Gasteiger partial charge is 0.311 e. The Morgan fingerprint density at radius 3 is 2.81 bits per heavy atom. The van der Waals surface area contributed by atoms with E-state index >= 15 is 0 Å². The van der Waals surface area contributed by atoms with Crippen molar-refractivity contribution in [3.8, 4) is 0 Å². The minimum absolute atomic E-state index is 0.165. The molecule has 1 aromatic carbocycles. The number of carbonyl (C=O) groups is 1. The predicted molar refractivity (Wildman–Crippen MR) is 123 cm³/mol. The molecule has 0 saturated carbocycles. The number of hydrogen-bond donors (Lipinski definition) is 1. The summed E-state index contributed by atoms with van der Waals surface area (Å²) in [7, 11) is 0. The number of anilines is 1. The van der Waals surface area contributed by atoms with Gasteiger partial charge in [-0.3, -0.25) is 9.59 Å². The van der Waals surface area contributed by atoms with Gasteiger partial charge in [0.05, 0.1) is 22.0 Å². The Labute approximate surface area is 191 Å². The minimum atomic E-state index is -4.41. The maximum Gasteiger partial charge on any atom is 0.416 e. The van der Waals surface area contributed by atoms with Gasteiger partial charge in [-0.1, -0.05) is 0 Å². The van der Waals surface area contributed by atoms with Crippen LogP contribution in [0.5, 0.6) is 0 Å². The van der Waals surface area contributed by atoms with E-state index in [2.05, 4.69) is 9.97 Å². The Hall–Kier alpha value is -2.33. The number of aryl methyl sites for hydroxylation is 3. The number of hydrogen-bond acceptors (Lipinski definition) is 5. The molecule has 0 saturated heterocycles. The molecule has 1 N–H and O–H groups in total. The lowest BCUT2D eigenvalue weighted by Gasteiger charge is -2.31. The number of nitrogens with one attached hydrogen (secondary N) is 1. The number of amides is 1. The van der Waals surface area contributed by atoms with Gasteiger partial charge in [-0.15, -0.1) is 23.1 Å². The van der Waals surface area contributed by atoms with E-state index in [1.165, 1.54) is 29.2 Å². The Morgan fingerprint density at radius 1 is 1.34 bits per heavy atom. The maximum atomic E-state index is 13.1. The number of fused-ring (bicyclic) bond motifs is 2. The monoisotopic (exact) mass is 481 g/mol. The zero-order valence-corrected chi connectivity index (χ0v) is 19.4. The summed E-state index contributed by atoms with van der Waals surface area (Å²) in [6.45, 7) is 6.08. The highest BCUT2D eigenvalue weighted by molar-refractivity contribution is 7.99. The predicted octanol–water partition coefficient (Wildman–Crippen LogP) is 5.22. The molecular formula is C22H22F3N3O2S2. The third kappa shape index (κ3) is 4.30. The van der Waals surface area contributed by atoms with Crippen molar-refractivity contribution in [2.75, 3.05) is 11.4 Å². The first-order chi connectivity index (χ1) is 15.1. The van der Waals surface area contributed by atoms with Crippen LogP contribution >= 0.6 is 23.1 Å². The highest BCUT2D eigenvalue weighted by Gasteiger charge is 2.33. The summed E-state index contributed by atoms with van der Waals surface area (Å²) >= 11 is 2.81. The molecule has 4 rings (SSSR count). The fourth-order valence-electron chi connectivity index (χ4n) is 3.86. The number of alkyl halides is 3. The molecule has 0 bridgehead atoms. The van der Waals surface area contributed by atoms with Crippen LogP contribution in [-0.2, 0) is 23.1 Å². The molecule has 1 amide bonds. The van der Waals surface area contributed by atoms with E-state index < -0.39 is 17.0 Å². The number of aromatic nitrogens is 2. The first kappa shape index (κ1) is 22.8. The van der Waals surface area contributed by atoms with Gasteiger partial charge in [0.15, 0.2) is 0 Å². The topological polar surface area (TPSA) is 66.1 Å². The lowest BCUT2D eigenvalue weighted by molar-refractivity contribution is -0.137. The molecule has 170 valence electrons. The molecule has 5 nitrogen and oxygen atoms in total. The van der Waals surface area contributed by atoms with Gasteiger partial charge in [-0.05, 0) is 62.9 Å². The van der Waals surface area contributed by atoms with Crippen LogP contribution in [0.15, 0.2) is 23.0 Å². The second kappa shape index (κ2) is 8.55. The zero-order chi connectivity index (χ0) is 23.2. The van der Waals surface area contributed by atoms with E-state index in [-0.39, 0.29) is 11.5 Å². The van der Waals surface area contributed by atoms with E-state index in [9.17, 15) is 22.8 Å². The molecule has 3 heterocycles. The average Bonchev–Trinajstić information content (AvgIpc) is 3.03. The van der Waals surface area contributed by atoms with E-state index in [4.69, 9.17) is 0 Å². The number of nitrogens with zero attached hydrogens (tertiary/aromatic N) is 2. The second-order valence-electron chi connectivity index (χ2n) is 7.86. The Bertz CT molecular complexity index is 1250. The second-order valence-corrected chi connectivity index (χ2v) is 10.4. The van der Waals surface area contributed by atoms with E-state index in [1.807, 2.05) is 13.8 Å². The van der Waals surface area contributed by atoms with Gasteiger partial charge in [-0.25, -0.2) is 4.98 Å². The average molecular weight is 482 g/mol. The minimum Gasteiger partial charge on any atom is -0.311 e. The molecule has 1 aliphatic heterocycles. The van der Waals surface area contributed by atoms with Crippen molar-refractivity contribution in [2.24, 2.45) is 0 Å².